The van der Waals surface area contributed by atoms with Gasteiger partial charge < -0.3 is 19.5 Å². The molecule has 0 bridgehead atoms. The molecule has 1 fully saturated rings. The van der Waals surface area contributed by atoms with Gasteiger partial charge in [-0.2, -0.15) is 8.78 Å². The van der Waals surface area contributed by atoms with E-state index < -0.39 is 25.3 Å². The molecule has 8 heteroatoms. The largest absolute Gasteiger partial charge is 0.482 e. The number of halogens is 2. The van der Waals surface area contributed by atoms with Crippen molar-refractivity contribution >= 4 is 11.9 Å². The maximum Gasteiger partial charge on any atom is 0.345 e. The average Bonchev–Trinajstić information content (AvgIpc) is 2.92. The van der Waals surface area contributed by atoms with Crippen LogP contribution in [0.3, 0.4) is 0 Å². The lowest BCUT2D eigenvalue weighted by molar-refractivity contribution is -0.158. The lowest BCUT2D eigenvalue weighted by atomic mass is 10.2. The fraction of sp³-hybridized carbons (Fsp3) is 0.429. The molecule has 0 aliphatic carbocycles. The van der Waals surface area contributed by atoms with Gasteiger partial charge in [0.15, 0.2) is 6.61 Å². The van der Waals surface area contributed by atoms with Gasteiger partial charge in [0.1, 0.15) is 5.75 Å². The second kappa shape index (κ2) is 7.17. The van der Waals surface area contributed by atoms with Crippen molar-refractivity contribution < 1.29 is 33.0 Å². The van der Waals surface area contributed by atoms with Crippen LogP contribution in [0.5, 0.6) is 5.75 Å². The minimum absolute atomic E-state index is 0.101. The summed E-state index contributed by atoms with van der Waals surface area (Å²) in [5.41, 5.74) is 0.306. The quantitative estimate of drug-likeness (QED) is 0.863. The molecule has 0 radical (unpaired) electrons. The first-order valence-corrected chi connectivity index (χ1v) is 6.63. The number of carboxylic acid groups (broad SMARTS) is 1. The lowest BCUT2D eigenvalue weighted by Crippen LogP contribution is -2.30. The first-order valence-electron chi connectivity index (χ1n) is 6.63. The van der Waals surface area contributed by atoms with Crippen LogP contribution in [0.1, 0.15) is 16.8 Å². The number of carbonyl (C=O) groups is 2. The van der Waals surface area contributed by atoms with Gasteiger partial charge in [-0.25, -0.2) is 4.79 Å². The normalized spacial score (nSPS) is 17.8. The predicted molar refractivity (Wildman–Crippen MR) is 71.0 cm³/mol. The molecule has 1 heterocycles. The molecule has 1 aromatic rings. The minimum atomic E-state index is -2.85. The summed E-state index contributed by atoms with van der Waals surface area (Å²) in [7, 11) is 0. The first kappa shape index (κ1) is 16.2. The van der Waals surface area contributed by atoms with Gasteiger partial charge in [0.25, 0.3) is 5.91 Å². The molecule has 0 unspecified atom stereocenters. The highest BCUT2D eigenvalue weighted by Crippen LogP contribution is 2.20. The lowest BCUT2D eigenvalue weighted by Gasteiger charge is -2.17. The highest BCUT2D eigenvalue weighted by molar-refractivity contribution is 5.94. The zero-order valence-corrected chi connectivity index (χ0v) is 11.6. The van der Waals surface area contributed by atoms with Gasteiger partial charge in [-0.15, -0.1) is 0 Å². The third-order valence-corrected chi connectivity index (χ3v) is 3.17. The van der Waals surface area contributed by atoms with Gasteiger partial charge in [0.05, 0.1) is 6.10 Å². The number of likely N-dealkylation sites (tertiary alicyclic amines) is 1. The molecule has 6 nitrogen and oxygen atoms in total. The van der Waals surface area contributed by atoms with Crippen LogP contribution >= 0.6 is 0 Å². The van der Waals surface area contributed by atoms with Crippen molar-refractivity contribution in [1.82, 2.24) is 4.90 Å². The summed E-state index contributed by atoms with van der Waals surface area (Å²) < 4.78 is 33.7. The Morgan fingerprint density at radius 3 is 2.86 bits per heavy atom. The Labute approximate surface area is 125 Å². The monoisotopic (exact) mass is 315 g/mol. The number of rotatable bonds is 6. The fourth-order valence-electron chi connectivity index (χ4n) is 2.22. The zero-order chi connectivity index (χ0) is 16.1. The maximum atomic E-state index is 12.3. The van der Waals surface area contributed by atoms with E-state index in [9.17, 15) is 18.4 Å². The third-order valence-electron chi connectivity index (χ3n) is 3.17. The van der Waals surface area contributed by atoms with E-state index >= 15 is 0 Å². The van der Waals surface area contributed by atoms with Gasteiger partial charge in [-0.1, -0.05) is 6.07 Å². The molecule has 1 aliphatic heterocycles. The van der Waals surface area contributed by atoms with Gasteiger partial charge in [0.2, 0.25) is 0 Å². The van der Waals surface area contributed by atoms with Crippen molar-refractivity contribution in [3.05, 3.63) is 29.8 Å². The van der Waals surface area contributed by atoms with Gasteiger partial charge in [-0.3, -0.25) is 4.79 Å². The summed E-state index contributed by atoms with van der Waals surface area (Å²) >= 11 is 0. The summed E-state index contributed by atoms with van der Waals surface area (Å²) in [6.07, 6.45) is -0.318. The topological polar surface area (TPSA) is 76.1 Å². The number of ether oxygens (including phenoxy) is 2. The molecule has 0 aromatic heterocycles. The van der Waals surface area contributed by atoms with Gasteiger partial charge in [-0.05, 0) is 24.6 Å². The third kappa shape index (κ3) is 4.39. The van der Waals surface area contributed by atoms with E-state index in [0.29, 0.717) is 18.5 Å². The number of alkyl halides is 2. The van der Waals surface area contributed by atoms with Crippen LogP contribution < -0.4 is 4.74 Å². The number of hydrogen-bond donors (Lipinski definition) is 1. The molecule has 1 saturated heterocycles. The SMILES string of the molecule is O=C(O)COc1cccc(C(=O)N2CC[C@H](OC(F)F)C2)c1. The van der Waals surface area contributed by atoms with Gasteiger partial charge >= 0.3 is 12.6 Å². The van der Waals surface area contributed by atoms with Crippen molar-refractivity contribution in [3.8, 4) is 5.75 Å². The van der Waals surface area contributed by atoms with Crippen LogP contribution in [0.25, 0.3) is 0 Å². The van der Waals surface area contributed by atoms with Crippen molar-refractivity contribution in [3.63, 3.8) is 0 Å². The molecule has 1 aromatic carbocycles. The fourth-order valence-corrected chi connectivity index (χ4v) is 2.22. The zero-order valence-electron chi connectivity index (χ0n) is 11.6. The highest BCUT2D eigenvalue weighted by atomic mass is 19.3. The molecule has 1 N–H and O–H groups in total. The Hall–Kier alpha value is -2.22. The molecule has 0 spiro atoms. The molecule has 1 aliphatic rings. The molecular formula is C14H15F2NO5. The average molecular weight is 315 g/mol. The van der Waals surface area contributed by atoms with E-state index in [2.05, 4.69) is 4.74 Å². The number of nitrogens with zero attached hydrogens (tertiary/aromatic N) is 1. The Morgan fingerprint density at radius 1 is 1.41 bits per heavy atom. The number of carbonyl (C=O) groups excluding carboxylic acids is 1. The molecule has 120 valence electrons. The summed E-state index contributed by atoms with van der Waals surface area (Å²) in [5, 5.41) is 8.55. The van der Waals surface area contributed by atoms with Crippen LogP contribution in [0.15, 0.2) is 24.3 Å². The van der Waals surface area contributed by atoms with E-state index in [4.69, 9.17) is 9.84 Å². The van der Waals surface area contributed by atoms with E-state index in [1.54, 1.807) is 12.1 Å². The van der Waals surface area contributed by atoms with Crippen LogP contribution in [0.2, 0.25) is 0 Å². The van der Waals surface area contributed by atoms with Crippen molar-refractivity contribution in [2.75, 3.05) is 19.7 Å². The van der Waals surface area contributed by atoms with E-state index in [-0.39, 0.29) is 18.2 Å². The maximum absolute atomic E-state index is 12.3. The second-order valence-corrected chi connectivity index (χ2v) is 4.77. The summed E-state index contributed by atoms with van der Waals surface area (Å²) in [5.74, 6) is -1.20. The summed E-state index contributed by atoms with van der Waals surface area (Å²) in [6.45, 7) is -2.93. The number of carboxylic acids is 1. The predicted octanol–water partition coefficient (Wildman–Crippen LogP) is 1.60. The van der Waals surface area contributed by atoms with Crippen LogP contribution in [-0.4, -0.2) is 54.3 Å². The highest BCUT2D eigenvalue weighted by Gasteiger charge is 2.29. The molecule has 2 rings (SSSR count). The Balaban J connectivity index is 1.98. The molecular weight excluding hydrogens is 300 g/mol. The Kier molecular flexibility index (Phi) is 5.26. The molecule has 1 atom stereocenters. The second-order valence-electron chi connectivity index (χ2n) is 4.77. The number of aliphatic carboxylic acids is 1. The van der Waals surface area contributed by atoms with E-state index in [1.165, 1.54) is 17.0 Å². The Bertz CT molecular complexity index is 552. The van der Waals surface area contributed by atoms with Crippen molar-refractivity contribution in [1.29, 1.82) is 0 Å². The van der Waals surface area contributed by atoms with E-state index in [1.807, 2.05) is 0 Å². The first-order chi connectivity index (χ1) is 10.5. The van der Waals surface area contributed by atoms with Crippen molar-refractivity contribution in [2.45, 2.75) is 19.1 Å². The van der Waals surface area contributed by atoms with E-state index in [0.717, 1.165) is 0 Å². The number of hydrogen-bond acceptors (Lipinski definition) is 4. The van der Waals surface area contributed by atoms with Crippen LogP contribution in [0.4, 0.5) is 8.78 Å². The smallest absolute Gasteiger partial charge is 0.345 e. The van der Waals surface area contributed by atoms with Crippen LogP contribution in [-0.2, 0) is 9.53 Å². The summed E-state index contributed by atoms with van der Waals surface area (Å²) in [4.78, 5) is 24.1. The number of amides is 1. The number of benzene rings is 1. The summed E-state index contributed by atoms with van der Waals surface area (Å²) in [6, 6.07) is 6.07. The van der Waals surface area contributed by atoms with Crippen molar-refractivity contribution in [2.24, 2.45) is 0 Å². The standard InChI is InChI=1S/C14H15F2NO5/c15-14(16)22-11-4-5-17(7-11)13(20)9-2-1-3-10(6-9)21-8-12(18)19/h1-3,6,11,14H,4-5,7-8H2,(H,18,19)/t11-/m0/s1. The van der Waals surface area contributed by atoms with Gasteiger partial charge in [0, 0.05) is 18.7 Å². The molecule has 0 saturated carbocycles. The Morgan fingerprint density at radius 2 is 2.18 bits per heavy atom. The molecule has 1 amide bonds. The minimum Gasteiger partial charge on any atom is -0.482 e. The van der Waals surface area contributed by atoms with Crippen LogP contribution in [0, 0.1) is 0 Å². The molecule has 22 heavy (non-hydrogen) atoms.